The number of alkyl halides is 1. The Labute approximate surface area is 110 Å². The van der Waals surface area contributed by atoms with Crippen molar-refractivity contribution in [1.82, 2.24) is 0 Å². The zero-order valence-corrected chi connectivity index (χ0v) is 11.9. The molecule has 0 N–H and O–H groups in total. The number of benzene rings is 1. The molecular weight excluding hydrogens is 284 g/mol. The highest BCUT2D eigenvalue weighted by molar-refractivity contribution is 9.10. The molecule has 1 aromatic rings. The number of carbonyl (C=O) groups is 1. The monoisotopic (exact) mass is 300 g/mol. The van der Waals surface area contributed by atoms with Crippen molar-refractivity contribution in [2.24, 2.45) is 0 Å². The predicted octanol–water partition coefficient (Wildman–Crippen LogP) is 3.45. The molecule has 0 aliphatic heterocycles. The Balaban J connectivity index is 3.07. The van der Waals surface area contributed by atoms with Crippen molar-refractivity contribution in [3.05, 3.63) is 23.8 Å². The molecule has 1 unspecified atom stereocenters. The van der Waals surface area contributed by atoms with Crippen LogP contribution in [-0.2, 0) is 0 Å². The van der Waals surface area contributed by atoms with Gasteiger partial charge in [0.2, 0.25) is 0 Å². The highest BCUT2D eigenvalue weighted by atomic mass is 79.9. The SMILES string of the molecule is CCOc1ccc(C(=O)C(C)Br)c(OCC)c1. The molecule has 0 bridgehead atoms. The summed E-state index contributed by atoms with van der Waals surface area (Å²) in [7, 11) is 0. The molecule has 0 fully saturated rings. The number of hydrogen-bond donors (Lipinski definition) is 0. The summed E-state index contributed by atoms with van der Waals surface area (Å²) in [5.74, 6) is 1.31. The van der Waals surface area contributed by atoms with Crippen molar-refractivity contribution in [1.29, 1.82) is 0 Å². The van der Waals surface area contributed by atoms with Crippen LogP contribution in [0.5, 0.6) is 11.5 Å². The van der Waals surface area contributed by atoms with E-state index in [1.807, 2.05) is 13.8 Å². The Kier molecular flexibility index (Phi) is 5.48. The average Bonchev–Trinajstić information content (AvgIpc) is 2.29. The fourth-order valence-corrected chi connectivity index (χ4v) is 1.70. The lowest BCUT2D eigenvalue weighted by molar-refractivity contribution is 0.0992. The third-order valence-electron chi connectivity index (χ3n) is 2.19. The lowest BCUT2D eigenvalue weighted by atomic mass is 10.1. The maximum Gasteiger partial charge on any atom is 0.179 e. The summed E-state index contributed by atoms with van der Waals surface area (Å²) in [6, 6.07) is 5.29. The Bertz CT molecular complexity index is 388. The average molecular weight is 301 g/mol. The molecule has 0 heterocycles. The maximum absolute atomic E-state index is 11.9. The molecular formula is C13H17BrO3. The van der Waals surface area contributed by atoms with E-state index in [0.29, 0.717) is 24.5 Å². The second-order valence-corrected chi connectivity index (χ2v) is 4.88. The van der Waals surface area contributed by atoms with Gasteiger partial charge in [-0.25, -0.2) is 0 Å². The number of hydrogen-bond acceptors (Lipinski definition) is 3. The summed E-state index contributed by atoms with van der Waals surface area (Å²) >= 11 is 3.27. The molecule has 94 valence electrons. The molecule has 0 radical (unpaired) electrons. The van der Waals surface area contributed by atoms with Gasteiger partial charge in [-0.2, -0.15) is 0 Å². The third kappa shape index (κ3) is 3.73. The summed E-state index contributed by atoms with van der Waals surface area (Å²) in [4.78, 5) is 11.7. The van der Waals surface area contributed by atoms with E-state index < -0.39 is 0 Å². The van der Waals surface area contributed by atoms with Gasteiger partial charge in [0.05, 0.1) is 23.6 Å². The van der Waals surface area contributed by atoms with Gasteiger partial charge >= 0.3 is 0 Å². The molecule has 0 aliphatic carbocycles. The number of ketones is 1. The number of Topliss-reactive ketones (excluding diaryl/α,β-unsaturated/α-hetero) is 1. The van der Waals surface area contributed by atoms with Crippen molar-refractivity contribution in [3.63, 3.8) is 0 Å². The zero-order chi connectivity index (χ0) is 12.8. The maximum atomic E-state index is 11.9. The lowest BCUT2D eigenvalue weighted by Crippen LogP contribution is -2.12. The van der Waals surface area contributed by atoms with Gasteiger partial charge in [0.1, 0.15) is 11.5 Å². The number of ether oxygens (including phenoxy) is 2. The van der Waals surface area contributed by atoms with E-state index in [2.05, 4.69) is 15.9 Å². The minimum atomic E-state index is -0.223. The molecule has 4 heteroatoms. The van der Waals surface area contributed by atoms with E-state index >= 15 is 0 Å². The second kappa shape index (κ2) is 6.64. The Morgan fingerprint density at radius 2 is 1.94 bits per heavy atom. The van der Waals surface area contributed by atoms with Crippen LogP contribution in [0.4, 0.5) is 0 Å². The van der Waals surface area contributed by atoms with Crippen molar-refractivity contribution in [2.45, 2.75) is 25.6 Å². The summed E-state index contributed by atoms with van der Waals surface area (Å²) < 4.78 is 10.9. The highest BCUT2D eigenvalue weighted by Gasteiger charge is 2.17. The van der Waals surface area contributed by atoms with Crippen molar-refractivity contribution in [3.8, 4) is 11.5 Å². The van der Waals surface area contributed by atoms with Crippen molar-refractivity contribution >= 4 is 21.7 Å². The number of rotatable bonds is 6. The van der Waals surface area contributed by atoms with Crippen LogP contribution in [0.25, 0.3) is 0 Å². The van der Waals surface area contributed by atoms with Crippen LogP contribution in [-0.4, -0.2) is 23.8 Å². The first-order valence-electron chi connectivity index (χ1n) is 5.68. The van der Waals surface area contributed by atoms with Crippen molar-refractivity contribution < 1.29 is 14.3 Å². The first-order chi connectivity index (χ1) is 8.10. The molecule has 0 saturated carbocycles. The Hall–Kier alpha value is -1.03. The van der Waals surface area contributed by atoms with E-state index in [-0.39, 0.29) is 10.6 Å². The van der Waals surface area contributed by atoms with Crippen LogP contribution in [0.3, 0.4) is 0 Å². The smallest absolute Gasteiger partial charge is 0.179 e. The van der Waals surface area contributed by atoms with Gasteiger partial charge in [-0.15, -0.1) is 0 Å². The van der Waals surface area contributed by atoms with Gasteiger partial charge in [0.15, 0.2) is 5.78 Å². The topological polar surface area (TPSA) is 35.5 Å². The minimum absolute atomic E-state index is 0.0106. The lowest BCUT2D eigenvalue weighted by Gasteiger charge is -2.12. The van der Waals surface area contributed by atoms with Crippen LogP contribution >= 0.6 is 15.9 Å². The van der Waals surface area contributed by atoms with E-state index in [1.165, 1.54) is 0 Å². The van der Waals surface area contributed by atoms with E-state index in [4.69, 9.17) is 9.47 Å². The van der Waals surface area contributed by atoms with E-state index in [0.717, 1.165) is 5.75 Å². The molecule has 0 spiro atoms. The largest absolute Gasteiger partial charge is 0.494 e. The van der Waals surface area contributed by atoms with Gasteiger partial charge in [-0.3, -0.25) is 4.79 Å². The second-order valence-electron chi connectivity index (χ2n) is 3.50. The normalized spacial score (nSPS) is 12.0. The number of carbonyl (C=O) groups excluding carboxylic acids is 1. The quantitative estimate of drug-likeness (QED) is 0.596. The zero-order valence-electron chi connectivity index (χ0n) is 10.3. The molecule has 0 saturated heterocycles. The molecule has 0 amide bonds. The fraction of sp³-hybridized carbons (Fsp3) is 0.462. The molecule has 0 aromatic heterocycles. The van der Waals surface area contributed by atoms with Crippen LogP contribution < -0.4 is 9.47 Å². The van der Waals surface area contributed by atoms with Crippen LogP contribution in [0.1, 0.15) is 31.1 Å². The number of halogens is 1. The van der Waals surface area contributed by atoms with E-state index in [9.17, 15) is 4.79 Å². The van der Waals surface area contributed by atoms with Gasteiger partial charge in [-0.1, -0.05) is 15.9 Å². The molecule has 17 heavy (non-hydrogen) atoms. The van der Waals surface area contributed by atoms with Crippen molar-refractivity contribution in [2.75, 3.05) is 13.2 Å². The van der Waals surface area contributed by atoms with Gasteiger partial charge < -0.3 is 9.47 Å². The van der Waals surface area contributed by atoms with Gasteiger partial charge in [0, 0.05) is 6.07 Å². The van der Waals surface area contributed by atoms with Crippen LogP contribution in [0.15, 0.2) is 18.2 Å². The molecule has 3 nitrogen and oxygen atoms in total. The molecule has 0 aliphatic rings. The standard InChI is InChI=1S/C13H17BrO3/c1-4-16-10-6-7-11(13(15)9(3)14)12(8-10)17-5-2/h6-9H,4-5H2,1-3H3. The van der Waals surface area contributed by atoms with E-state index in [1.54, 1.807) is 25.1 Å². The van der Waals surface area contributed by atoms with Gasteiger partial charge in [0.25, 0.3) is 0 Å². The first-order valence-corrected chi connectivity index (χ1v) is 6.59. The fourth-order valence-electron chi connectivity index (χ4n) is 1.45. The Morgan fingerprint density at radius 1 is 1.29 bits per heavy atom. The molecule has 1 atom stereocenters. The Morgan fingerprint density at radius 3 is 2.47 bits per heavy atom. The summed E-state index contributed by atoms with van der Waals surface area (Å²) in [5.41, 5.74) is 0.583. The molecule has 1 aromatic carbocycles. The van der Waals surface area contributed by atoms with Crippen LogP contribution in [0.2, 0.25) is 0 Å². The molecule has 1 rings (SSSR count). The van der Waals surface area contributed by atoms with Gasteiger partial charge in [-0.05, 0) is 32.9 Å². The third-order valence-corrected chi connectivity index (χ3v) is 2.61. The van der Waals surface area contributed by atoms with Crippen LogP contribution in [0, 0.1) is 0 Å². The summed E-state index contributed by atoms with van der Waals surface area (Å²) in [6.07, 6.45) is 0. The predicted molar refractivity (Wildman–Crippen MR) is 71.5 cm³/mol. The summed E-state index contributed by atoms with van der Waals surface area (Å²) in [6.45, 7) is 6.72. The summed E-state index contributed by atoms with van der Waals surface area (Å²) in [5, 5.41) is 0. The first kappa shape index (κ1) is 14.0. The minimum Gasteiger partial charge on any atom is -0.494 e. The highest BCUT2D eigenvalue weighted by Crippen LogP contribution is 2.27.